The van der Waals surface area contributed by atoms with Crippen molar-refractivity contribution in [2.45, 2.75) is 45.6 Å². The molecule has 0 spiro atoms. The summed E-state index contributed by atoms with van der Waals surface area (Å²) >= 11 is 0. The third-order valence-electron chi connectivity index (χ3n) is 5.03. The number of benzene rings is 2. The fraction of sp³-hybridized carbons (Fsp3) is 0.333. The van der Waals surface area contributed by atoms with Crippen LogP contribution in [0.5, 0.6) is 5.75 Å². The summed E-state index contributed by atoms with van der Waals surface area (Å²) in [6, 6.07) is 13.9. The van der Waals surface area contributed by atoms with Gasteiger partial charge in [0.2, 0.25) is 0 Å². The fourth-order valence-corrected chi connectivity index (χ4v) is 3.72. The molecule has 152 valence electrons. The van der Waals surface area contributed by atoms with Gasteiger partial charge in [0.15, 0.2) is 0 Å². The monoisotopic (exact) mass is 392 g/mol. The van der Waals surface area contributed by atoms with Gasteiger partial charge in [-0.1, -0.05) is 55.8 Å². The minimum absolute atomic E-state index is 0.0765. The highest BCUT2D eigenvalue weighted by Crippen LogP contribution is 2.26. The third kappa shape index (κ3) is 4.86. The van der Waals surface area contributed by atoms with Gasteiger partial charge in [0.05, 0.1) is 17.6 Å². The predicted molar refractivity (Wildman–Crippen MR) is 115 cm³/mol. The van der Waals surface area contributed by atoms with E-state index in [-0.39, 0.29) is 12.3 Å². The SMILES string of the molecule is CC=C[C@H](CC(=O)O)c1ccc(OCc2cccc3c(CCC)nn(C)c23)cc1. The molecule has 0 saturated heterocycles. The number of carboxylic acid groups (broad SMARTS) is 1. The molecule has 0 radical (unpaired) electrons. The van der Waals surface area contributed by atoms with Crippen molar-refractivity contribution in [2.24, 2.45) is 7.05 Å². The van der Waals surface area contributed by atoms with Crippen molar-refractivity contribution >= 4 is 16.9 Å². The lowest BCUT2D eigenvalue weighted by Crippen LogP contribution is -2.04. The van der Waals surface area contributed by atoms with Crippen LogP contribution in [0.4, 0.5) is 0 Å². The first-order valence-corrected chi connectivity index (χ1v) is 10.0. The van der Waals surface area contributed by atoms with E-state index in [1.165, 1.54) is 5.39 Å². The second-order valence-corrected chi connectivity index (χ2v) is 7.22. The molecule has 29 heavy (non-hydrogen) atoms. The Bertz CT molecular complexity index is 1000. The van der Waals surface area contributed by atoms with Gasteiger partial charge in [0.25, 0.3) is 0 Å². The molecule has 0 aliphatic carbocycles. The van der Waals surface area contributed by atoms with E-state index in [1.807, 2.05) is 55.1 Å². The maximum Gasteiger partial charge on any atom is 0.304 e. The molecule has 0 bridgehead atoms. The number of carbonyl (C=O) groups is 1. The predicted octanol–water partition coefficient (Wildman–Crippen LogP) is 5.24. The number of allylic oxidation sites excluding steroid dienone is 2. The van der Waals surface area contributed by atoms with Gasteiger partial charge in [-0.15, -0.1) is 0 Å². The highest BCUT2D eigenvalue weighted by Gasteiger charge is 2.14. The summed E-state index contributed by atoms with van der Waals surface area (Å²) in [5, 5.41) is 15.0. The molecule has 0 unspecified atom stereocenters. The van der Waals surface area contributed by atoms with Gasteiger partial charge >= 0.3 is 5.97 Å². The van der Waals surface area contributed by atoms with E-state index in [4.69, 9.17) is 9.84 Å². The first-order valence-electron chi connectivity index (χ1n) is 10.0. The van der Waals surface area contributed by atoms with Crippen molar-refractivity contribution in [3.05, 3.63) is 71.4 Å². The second kappa shape index (κ2) is 9.41. The molecule has 0 aliphatic rings. The van der Waals surface area contributed by atoms with E-state index < -0.39 is 5.97 Å². The first kappa shape index (κ1) is 20.6. The molecule has 0 amide bonds. The Morgan fingerprint density at radius 3 is 2.66 bits per heavy atom. The maximum atomic E-state index is 11.1. The Balaban J connectivity index is 1.76. The lowest BCUT2D eigenvalue weighted by atomic mass is 9.95. The van der Waals surface area contributed by atoms with Crippen LogP contribution in [-0.4, -0.2) is 20.9 Å². The average molecular weight is 392 g/mol. The molecule has 0 saturated carbocycles. The summed E-state index contributed by atoms with van der Waals surface area (Å²) in [7, 11) is 1.98. The zero-order valence-electron chi connectivity index (χ0n) is 17.3. The summed E-state index contributed by atoms with van der Waals surface area (Å²) in [5.41, 5.74) is 4.31. The minimum atomic E-state index is -0.805. The quantitative estimate of drug-likeness (QED) is 0.506. The van der Waals surface area contributed by atoms with E-state index in [9.17, 15) is 4.79 Å². The van der Waals surface area contributed by atoms with Crippen LogP contribution in [0.1, 0.15) is 49.4 Å². The molecule has 1 N–H and O–H groups in total. The Kier molecular flexibility index (Phi) is 6.70. The van der Waals surface area contributed by atoms with Crippen molar-refractivity contribution in [3.63, 3.8) is 0 Å². The normalized spacial score (nSPS) is 12.5. The number of hydrogen-bond acceptors (Lipinski definition) is 3. The van der Waals surface area contributed by atoms with Gasteiger partial charge in [-0.25, -0.2) is 0 Å². The summed E-state index contributed by atoms with van der Waals surface area (Å²) in [6.07, 6.45) is 5.91. The zero-order valence-corrected chi connectivity index (χ0v) is 17.3. The molecule has 1 atom stereocenters. The lowest BCUT2D eigenvalue weighted by Gasteiger charge is -2.13. The van der Waals surface area contributed by atoms with Gasteiger partial charge in [0, 0.05) is 23.9 Å². The van der Waals surface area contributed by atoms with Crippen molar-refractivity contribution < 1.29 is 14.6 Å². The average Bonchev–Trinajstić information content (AvgIpc) is 3.03. The second-order valence-electron chi connectivity index (χ2n) is 7.22. The minimum Gasteiger partial charge on any atom is -0.489 e. The van der Waals surface area contributed by atoms with E-state index in [1.54, 1.807) is 0 Å². The van der Waals surface area contributed by atoms with Gasteiger partial charge in [-0.2, -0.15) is 5.10 Å². The fourth-order valence-electron chi connectivity index (χ4n) is 3.72. The molecule has 0 fully saturated rings. The number of nitrogens with zero attached hydrogens (tertiary/aromatic N) is 2. The summed E-state index contributed by atoms with van der Waals surface area (Å²) < 4.78 is 7.96. The molecular formula is C24H28N2O3. The smallest absolute Gasteiger partial charge is 0.304 e. The Hall–Kier alpha value is -3.08. The van der Waals surface area contributed by atoms with E-state index in [0.717, 1.165) is 40.9 Å². The van der Waals surface area contributed by atoms with Gasteiger partial charge in [-0.3, -0.25) is 9.48 Å². The highest BCUT2D eigenvalue weighted by atomic mass is 16.5. The number of aliphatic carboxylic acids is 1. The van der Waals surface area contributed by atoms with Crippen molar-refractivity contribution in [1.82, 2.24) is 9.78 Å². The Morgan fingerprint density at radius 1 is 1.24 bits per heavy atom. The topological polar surface area (TPSA) is 64.3 Å². The number of aromatic nitrogens is 2. The number of carboxylic acids is 1. The zero-order chi connectivity index (χ0) is 20.8. The number of para-hydroxylation sites is 1. The number of rotatable bonds is 9. The lowest BCUT2D eigenvalue weighted by molar-refractivity contribution is -0.137. The number of fused-ring (bicyclic) bond motifs is 1. The Morgan fingerprint density at radius 2 is 2.00 bits per heavy atom. The van der Waals surface area contributed by atoms with Crippen LogP contribution in [0.2, 0.25) is 0 Å². The molecular weight excluding hydrogens is 364 g/mol. The number of ether oxygens (including phenoxy) is 1. The van der Waals surface area contributed by atoms with Crippen molar-refractivity contribution in [2.75, 3.05) is 0 Å². The first-order chi connectivity index (χ1) is 14.0. The standard InChI is InChI=1S/C24H28N2O3/c1-4-7-18(15-23(27)28)17-11-13-20(14-12-17)29-16-19-9-6-10-21-22(8-5-2)25-26(3)24(19)21/h4,6-7,9-14,18H,5,8,15-16H2,1-3H3,(H,27,28)/t18-/m1/s1. The Labute approximate surface area is 171 Å². The summed E-state index contributed by atoms with van der Waals surface area (Å²) in [6.45, 7) is 4.51. The van der Waals surface area contributed by atoms with E-state index in [0.29, 0.717) is 6.61 Å². The molecule has 1 aromatic heterocycles. The van der Waals surface area contributed by atoms with Crippen LogP contribution in [0, 0.1) is 0 Å². The summed E-state index contributed by atoms with van der Waals surface area (Å²) in [4.78, 5) is 11.1. The van der Waals surface area contributed by atoms with Crippen molar-refractivity contribution in [1.29, 1.82) is 0 Å². The molecule has 3 aromatic rings. The molecule has 3 rings (SSSR count). The highest BCUT2D eigenvalue weighted by molar-refractivity contribution is 5.85. The van der Waals surface area contributed by atoms with Crippen LogP contribution in [-0.2, 0) is 24.9 Å². The van der Waals surface area contributed by atoms with Crippen LogP contribution < -0.4 is 4.74 Å². The third-order valence-corrected chi connectivity index (χ3v) is 5.03. The maximum absolute atomic E-state index is 11.1. The van der Waals surface area contributed by atoms with Crippen molar-refractivity contribution in [3.8, 4) is 5.75 Å². The van der Waals surface area contributed by atoms with E-state index in [2.05, 4.69) is 30.2 Å². The molecule has 1 heterocycles. The number of aryl methyl sites for hydroxylation is 2. The number of hydrogen-bond donors (Lipinski definition) is 1. The molecule has 5 heteroatoms. The van der Waals surface area contributed by atoms with Crippen LogP contribution >= 0.6 is 0 Å². The largest absolute Gasteiger partial charge is 0.489 e. The van der Waals surface area contributed by atoms with Gasteiger partial charge in [-0.05, 0) is 31.0 Å². The van der Waals surface area contributed by atoms with Crippen LogP contribution in [0.15, 0.2) is 54.6 Å². The molecule has 5 nitrogen and oxygen atoms in total. The van der Waals surface area contributed by atoms with Crippen LogP contribution in [0.25, 0.3) is 10.9 Å². The van der Waals surface area contributed by atoms with Gasteiger partial charge in [0.1, 0.15) is 12.4 Å². The van der Waals surface area contributed by atoms with E-state index >= 15 is 0 Å². The van der Waals surface area contributed by atoms with Crippen LogP contribution in [0.3, 0.4) is 0 Å². The molecule has 2 aromatic carbocycles. The summed E-state index contributed by atoms with van der Waals surface area (Å²) in [5.74, 6) is -0.178. The van der Waals surface area contributed by atoms with Gasteiger partial charge < -0.3 is 9.84 Å². The molecule has 0 aliphatic heterocycles.